The van der Waals surface area contributed by atoms with Gasteiger partial charge >= 0.3 is 5.97 Å². The van der Waals surface area contributed by atoms with E-state index in [0.717, 1.165) is 49.1 Å². The number of carbonyl (C=O) groups excluding carboxylic acids is 3. The lowest BCUT2D eigenvalue weighted by atomic mass is 9.42. The molecule has 1 amide bonds. The first-order valence-electron chi connectivity index (χ1n) is 22.3. The molecule has 57 heavy (non-hydrogen) atoms. The molecule has 12 unspecified atom stereocenters. The van der Waals surface area contributed by atoms with Crippen molar-refractivity contribution in [2.24, 2.45) is 75.9 Å². The third kappa shape index (κ3) is 9.48. The predicted molar refractivity (Wildman–Crippen MR) is 230 cm³/mol. The molecule has 320 valence electrons. The molecule has 1 heterocycles. The van der Waals surface area contributed by atoms with Crippen LogP contribution in [-0.2, 0) is 19.2 Å². The van der Waals surface area contributed by atoms with Crippen molar-refractivity contribution in [3.05, 3.63) is 27.7 Å². The summed E-state index contributed by atoms with van der Waals surface area (Å²) in [5, 5.41) is 21.8. The van der Waals surface area contributed by atoms with Crippen LogP contribution in [0.25, 0.3) is 0 Å². The van der Waals surface area contributed by atoms with Crippen LogP contribution in [0.3, 0.4) is 0 Å². The molecule has 6 aliphatic rings. The average molecular weight is 809 g/mol. The largest absolute Gasteiger partial charge is 0.481 e. The number of aryl methyl sites for hydroxylation is 1. The zero-order chi connectivity index (χ0) is 41.9. The fourth-order valence-electron chi connectivity index (χ4n) is 13.3. The number of rotatable bonds is 12. The highest BCUT2D eigenvalue weighted by molar-refractivity contribution is 7.09. The number of thiazole rings is 1. The Balaban J connectivity index is 0.000000614. The van der Waals surface area contributed by atoms with E-state index in [1.165, 1.54) is 44.1 Å². The Morgan fingerprint density at radius 2 is 1.72 bits per heavy atom. The Morgan fingerprint density at radius 1 is 1.02 bits per heavy atom. The molecule has 0 spiro atoms. The van der Waals surface area contributed by atoms with Gasteiger partial charge in [-0.05, 0) is 170 Å². The minimum Gasteiger partial charge on any atom is -0.481 e. The molecule has 0 aliphatic heterocycles. The Morgan fingerprint density at radius 3 is 2.30 bits per heavy atom. The first-order chi connectivity index (χ1) is 26.9. The van der Waals surface area contributed by atoms with Crippen molar-refractivity contribution in [3.8, 4) is 0 Å². The molecule has 0 radical (unpaired) electrons. The first-order valence-corrected chi connectivity index (χ1v) is 23.2. The average Bonchev–Trinajstić information content (AvgIpc) is 3.74. The molecule has 4 N–H and O–H groups in total. The second-order valence-electron chi connectivity index (χ2n) is 20.3. The van der Waals surface area contributed by atoms with Gasteiger partial charge in [0, 0.05) is 47.8 Å². The third-order valence-electron chi connectivity index (χ3n) is 16.2. The predicted octanol–water partition coefficient (Wildman–Crippen LogP) is 8.52. The summed E-state index contributed by atoms with van der Waals surface area (Å²) < 4.78 is 0. The molecule has 9 nitrogen and oxygen atoms in total. The SMILES string of the molecule is CC(C)C1=C2C3CCC4C(CCC5C(C)C(CC(=O)C6CC(C(=O)O)C6C)CCC54C)C3CCC2(CCNCC(C)(C)NC=O)CC1=O.CNC.Cc1nccs1. The van der Waals surface area contributed by atoms with Crippen LogP contribution < -0.4 is 16.0 Å². The molecule has 0 saturated heterocycles. The van der Waals surface area contributed by atoms with Gasteiger partial charge in [0.05, 0.1) is 10.9 Å². The molecule has 0 bridgehead atoms. The molecule has 5 fully saturated rings. The van der Waals surface area contributed by atoms with Gasteiger partial charge in [-0.2, -0.15) is 0 Å². The second-order valence-corrected chi connectivity index (χ2v) is 21.4. The fourth-order valence-corrected chi connectivity index (χ4v) is 13.8. The number of aromatic nitrogens is 1. The van der Waals surface area contributed by atoms with Crippen LogP contribution in [0, 0.1) is 82.9 Å². The second kappa shape index (κ2) is 18.9. The quantitative estimate of drug-likeness (QED) is 0.122. The number of amides is 1. The molecule has 10 heteroatoms. The molecule has 6 aliphatic carbocycles. The summed E-state index contributed by atoms with van der Waals surface area (Å²) in [5.41, 5.74) is 2.72. The maximum Gasteiger partial charge on any atom is 0.306 e. The van der Waals surface area contributed by atoms with Crippen molar-refractivity contribution >= 4 is 35.3 Å². The van der Waals surface area contributed by atoms with E-state index in [4.69, 9.17) is 0 Å². The van der Waals surface area contributed by atoms with Crippen LogP contribution in [0.1, 0.15) is 131 Å². The van der Waals surface area contributed by atoms with Gasteiger partial charge in [0.1, 0.15) is 5.78 Å². The monoisotopic (exact) mass is 809 g/mol. The van der Waals surface area contributed by atoms with Crippen molar-refractivity contribution in [1.29, 1.82) is 0 Å². The summed E-state index contributed by atoms with van der Waals surface area (Å²) in [6.07, 6.45) is 15.1. The normalized spacial score (nSPS) is 36.9. The van der Waals surface area contributed by atoms with E-state index in [9.17, 15) is 24.3 Å². The van der Waals surface area contributed by atoms with Crippen LogP contribution in [0.15, 0.2) is 22.7 Å². The van der Waals surface area contributed by atoms with E-state index in [-0.39, 0.29) is 34.6 Å². The standard InChI is InChI=1S/C41H64N2O5.C4H5NS.C2H7N/c1-23(2)36-35(46)20-41(16-17-42-21-39(5,6)43-22-44)15-13-27-28-8-10-32-24(3)26(18-34(45)30-19-31(25(30)4)38(47)48)12-14-40(32,7)33(28)11-9-29(27)37(36)41;1-4-5-2-3-6-4;1-3-2/h22-33,42H,8-21H2,1-7H3,(H,43,44)(H,47,48);2-3H,1H3;3H,1-2H3. The van der Waals surface area contributed by atoms with E-state index >= 15 is 0 Å². The molecule has 1 aromatic heterocycles. The zero-order valence-corrected chi connectivity index (χ0v) is 37.7. The van der Waals surface area contributed by atoms with Crippen LogP contribution in [0.4, 0.5) is 0 Å². The number of carbonyl (C=O) groups is 4. The number of nitrogens with zero attached hydrogens (tertiary/aromatic N) is 1. The number of allylic oxidation sites excluding steroid dienone is 2. The van der Waals surface area contributed by atoms with Crippen LogP contribution in [0.2, 0.25) is 0 Å². The van der Waals surface area contributed by atoms with Crippen molar-refractivity contribution in [1.82, 2.24) is 20.9 Å². The van der Waals surface area contributed by atoms with Gasteiger partial charge in [-0.15, -0.1) is 11.3 Å². The Kier molecular flexibility index (Phi) is 15.1. The van der Waals surface area contributed by atoms with Crippen molar-refractivity contribution in [2.45, 2.75) is 138 Å². The summed E-state index contributed by atoms with van der Waals surface area (Å²) in [6.45, 7) is 19.1. The number of fused-ring (bicyclic) bond motifs is 7. The van der Waals surface area contributed by atoms with Crippen molar-refractivity contribution in [3.63, 3.8) is 0 Å². The number of aliphatic carboxylic acids is 1. The highest BCUT2D eigenvalue weighted by atomic mass is 32.1. The Labute approximate surface area is 348 Å². The molecule has 5 saturated carbocycles. The Hall–Kier alpha value is -2.43. The number of nitrogens with one attached hydrogen (secondary N) is 3. The number of hydrogen-bond acceptors (Lipinski definition) is 8. The van der Waals surface area contributed by atoms with E-state index in [2.05, 4.69) is 48.6 Å². The molecular formula is C47H76N4O5S. The van der Waals surface area contributed by atoms with E-state index in [0.29, 0.717) is 72.4 Å². The van der Waals surface area contributed by atoms with Gasteiger partial charge in [-0.3, -0.25) is 24.2 Å². The molecule has 0 aromatic carbocycles. The van der Waals surface area contributed by atoms with Gasteiger partial charge in [0.15, 0.2) is 5.78 Å². The minimum absolute atomic E-state index is 0.0114. The number of Topliss-reactive ketones (excluding diaryl/α,β-unsaturated/α-hetero) is 2. The summed E-state index contributed by atoms with van der Waals surface area (Å²) in [4.78, 5) is 53.6. The lowest BCUT2D eigenvalue weighted by molar-refractivity contribution is -0.154. The molecule has 1 aromatic rings. The topological polar surface area (TPSA) is 137 Å². The highest BCUT2D eigenvalue weighted by Crippen LogP contribution is 2.68. The zero-order valence-electron chi connectivity index (χ0n) is 36.9. The van der Waals surface area contributed by atoms with Crippen molar-refractivity contribution in [2.75, 3.05) is 27.2 Å². The van der Waals surface area contributed by atoms with Gasteiger partial charge in [-0.1, -0.05) is 40.2 Å². The third-order valence-corrected chi connectivity index (χ3v) is 16.9. The molecule has 12 atom stereocenters. The maximum absolute atomic E-state index is 13.8. The smallest absolute Gasteiger partial charge is 0.306 e. The number of carboxylic acid groups (broad SMARTS) is 1. The minimum atomic E-state index is -0.749. The maximum atomic E-state index is 13.8. The lowest BCUT2D eigenvalue weighted by Gasteiger charge is -2.63. The number of hydrogen-bond donors (Lipinski definition) is 4. The Bertz CT molecular complexity index is 1590. The van der Waals surface area contributed by atoms with E-state index in [1.807, 2.05) is 47.2 Å². The van der Waals surface area contributed by atoms with E-state index in [1.54, 1.807) is 23.1 Å². The van der Waals surface area contributed by atoms with E-state index < -0.39 is 5.97 Å². The van der Waals surface area contributed by atoms with Gasteiger partial charge < -0.3 is 21.1 Å². The number of ketones is 2. The summed E-state index contributed by atoms with van der Waals surface area (Å²) >= 11 is 1.67. The van der Waals surface area contributed by atoms with Crippen LogP contribution in [0.5, 0.6) is 0 Å². The lowest BCUT2D eigenvalue weighted by Crippen LogP contribution is -2.55. The van der Waals surface area contributed by atoms with Gasteiger partial charge in [0.2, 0.25) is 6.41 Å². The summed E-state index contributed by atoms with van der Waals surface area (Å²) in [6, 6.07) is 0. The van der Waals surface area contributed by atoms with Crippen molar-refractivity contribution < 1.29 is 24.3 Å². The van der Waals surface area contributed by atoms with Crippen LogP contribution >= 0.6 is 11.3 Å². The fraction of sp³-hybridized carbons (Fsp3) is 0.809. The summed E-state index contributed by atoms with van der Waals surface area (Å²) in [7, 11) is 3.75. The number of carboxylic acids is 1. The first kappa shape index (κ1) is 45.7. The van der Waals surface area contributed by atoms with Crippen LogP contribution in [-0.4, -0.2) is 66.8 Å². The van der Waals surface area contributed by atoms with Gasteiger partial charge in [-0.25, -0.2) is 0 Å². The molecular weight excluding hydrogens is 733 g/mol. The highest BCUT2D eigenvalue weighted by Gasteiger charge is 2.61. The van der Waals surface area contributed by atoms with Gasteiger partial charge in [0.25, 0.3) is 0 Å². The summed E-state index contributed by atoms with van der Waals surface area (Å²) in [5.74, 6) is 4.03. The molecule has 7 rings (SSSR count).